The standard InChI is InChI=1S/C22H20N4O3S/c23-11-16-15-9-5-2-6-10-18(15)30-21(16)25-19(27)13-29-22(28)17-12-24-26-20(17)14-7-3-1-4-8-14/h1,3-4,7-8,12H,2,5-6,9-10,13H2,(H,24,26)(H,25,27). The minimum atomic E-state index is -0.639. The second-order valence-corrected chi connectivity index (χ2v) is 8.13. The van der Waals surface area contributed by atoms with Crippen LogP contribution in [0.3, 0.4) is 0 Å². The summed E-state index contributed by atoms with van der Waals surface area (Å²) in [6, 6.07) is 11.5. The Morgan fingerprint density at radius 2 is 2.00 bits per heavy atom. The first-order valence-electron chi connectivity index (χ1n) is 9.77. The van der Waals surface area contributed by atoms with Crippen molar-refractivity contribution in [3.8, 4) is 17.3 Å². The van der Waals surface area contributed by atoms with Crippen LogP contribution in [0.5, 0.6) is 0 Å². The van der Waals surface area contributed by atoms with Gasteiger partial charge in [-0.25, -0.2) is 4.79 Å². The number of amides is 1. The van der Waals surface area contributed by atoms with Crippen LogP contribution >= 0.6 is 11.3 Å². The third-order valence-electron chi connectivity index (χ3n) is 5.04. The van der Waals surface area contributed by atoms with Crippen molar-refractivity contribution < 1.29 is 14.3 Å². The fourth-order valence-electron chi connectivity index (χ4n) is 3.59. The molecule has 0 aliphatic heterocycles. The second-order valence-electron chi connectivity index (χ2n) is 7.03. The van der Waals surface area contributed by atoms with E-state index in [4.69, 9.17) is 4.74 Å². The highest BCUT2D eigenvalue weighted by molar-refractivity contribution is 7.16. The minimum absolute atomic E-state index is 0.259. The fourth-order valence-corrected chi connectivity index (χ4v) is 4.84. The average Bonchev–Trinajstić information content (AvgIpc) is 3.31. The van der Waals surface area contributed by atoms with Crippen molar-refractivity contribution in [2.45, 2.75) is 32.1 Å². The molecule has 1 aromatic carbocycles. The van der Waals surface area contributed by atoms with Gasteiger partial charge in [-0.15, -0.1) is 11.3 Å². The monoisotopic (exact) mass is 420 g/mol. The molecule has 0 radical (unpaired) electrons. The number of esters is 1. The maximum absolute atomic E-state index is 12.5. The van der Waals surface area contributed by atoms with E-state index in [9.17, 15) is 14.9 Å². The Morgan fingerprint density at radius 3 is 2.80 bits per heavy atom. The van der Waals surface area contributed by atoms with Crippen molar-refractivity contribution in [2.75, 3.05) is 11.9 Å². The van der Waals surface area contributed by atoms with Crippen molar-refractivity contribution in [1.29, 1.82) is 5.26 Å². The number of aryl methyl sites for hydroxylation is 1. The smallest absolute Gasteiger partial charge is 0.342 e. The van der Waals surface area contributed by atoms with Crippen LogP contribution in [0.25, 0.3) is 11.3 Å². The molecule has 0 saturated heterocycles. The molecule has 8 heteroatoms. The predicted molar refractivity (Wildman–Crippen MR) is 113 cm³/mol. The SMILES string of the molecule is N#Cc1c(NC(=O)COC(=O)c2cn[nH]c2-c2ccccc2)sc2c1CCCCC2. The average molecular weight is 420 g/mol. The van der Waals surface area contributed by atoms with Crippen LogP contribution in [0.2, 0.25) is 0 Å². The van der Waals surface area contributed by atoms with Crippen molar-refractivity contribution in [2.24, 2.45) is 0 Å². The predicted octanol–water partition coefficient (Wildman–Crippen LogP) is 4.07. The number of H-pyrrole nitrogens is 1. The molecular weight excluding hydrogens is 400 g/mol. The van der Waals surface area contributed by atoms with Gasteiger partial charge in [-0.05, 0) is 31.2 Å². The zero-order valence-electron chi connectivity index (χ0n) is 16.2. The molecule has 152 valence electrons. The third-order valence-corrected chi connectivity index (χ3v) is 6.25. The lowest BCUT2D eigenvalue weighted by Crippen LogP contribution is -2.21. The summed E-state index contributed by atoms with van der Waals surface area (Å²) in [7, 11) is 0. The number of nitriles is 1. The Hall–Kier alpha value is -3.44. The molecule has 4 rings (SSSR count). The van der Waals surface area contributed by atoms with E-state index in [-0.39, 0.29) is 5.56 Å². The molecule has 2 N–H and O–H groups in total. The minimum Gasteiger partial charge on any atom is -0.452 e. The summed E-state index contributed by atoms with van der Waals surface area (Å²) >= 11 is 1.45. The lowest BCUT2D eigenvalue weighted by atomic mass is 10.1. The molecule has 1 aliphatic carbocycles. The number of fused-ring (bicyclic) bond motifs is 1. The highest BCUT2D eigenvalue weighted by Crippen LogP contribution is 2.36. The number of hydrogen-bond acceptors (Lipinski definition) is 6. The number of ether oxygens (including phenoxy) is 1. The van der Waals surface area contributed by atoms with Crippen LogP contribution in [-0.2, 0) is 22.4 Å². The van der Waals surface area contributed by atoms with E-state index in [1.165, 1.54) is 22.4 Å². The molecule has 3 aromatic rings. The lowest BCUT2D eigenvalue weighted by molar-refractivity contribution is -0.119. The van der Waals surface area contributed by atoms with Crippen LogP contribution in [0.1, 0.15) is 45.6 Å². The van der Waals surface area contributed by atoms with Gasteiger partial charge in [0.05, 0.1) is 17.5 Å². The number of thiophene rings is 1. The Kier molecular flexibility index (Phi) is 5.91. The molecule has 2 heterocycles. The van der Waals surface area contributed by atoms with Crippen molar-refractivity contribution in [3.05, 3.63) is 58.1 Å². The van der Waals surface area contributed by atoms with Gasteiger partial charge >= 0.3 is 5.97 Å². The highest BCUT2D eigenvalue weighted by Gasteiger charge is 2.22. The van der Waals surface area contributed by atoms with E-state index in [2.05, 4.69) is 21.6 Å². The highest BCUT2D eigenvalue weighted by atomic mass is 32.1. The topological polar surface area (TPSA) is 108 Å². The van der Waals surface area contributed by atoms with E-state index < -0.39 is 18.5 Å². The quantitative estimate of drug-likeness (QED) is 0.478. The van der Waals surface area contributed by atoms with Gasteiger partial charge in [-0.1, -0.05) is 36.8 Å². The summed E-state index contributed by atoms with van der Waals surface area (Å²) in [6.07, 6.45) is 6.48. The van der Waals surface area contributed by atoms with Crippen LogP contribution in [-0.4, -0.2) is 28.7 Å². The normalized spacial score (nSPS) is 13.0. The molecule has 2 aromatic heterocycles. The number of benzene rings is 1. The number of aromatic nitrogens is 2. The van der Waals surface area contributed by atoms with E-state index in [1.54, 1.807) is 0 Å². The van der Waals surface area contributed by atoms with Crippen molar-refractivity contribution in [1.82, 2.24) is 10.2 Å². The second kappa shape index (κ2) is 8.93. The van der Waals surface area contributed by atoms with Crippen LogP contribution in [0.15, 0.2) is 36.5 Å². The van der Waals surface area contributed by atoms with Gasteiger partial charge in [-0.3, -0.25) is 9.89 Å². The number of nitrogens with one attached hydrogen (secondary N) is 2. The van der Waals surface area contributed by atoms with Gasteiger partial charge in [0.1, 0.15) is 16.6 Å². The number of carbonyl (C=O) groups is 2. The van der Waals surface area contributed by atoms with Gasteiger partial charge in [0.15, 0.2) is 6.61 Å². The van der Waals surface area contributed by atoms with E-state index in [0.29, 0.717) is 16.3 Å². The summed E-state index contributed by atoms with van der Waals surface area (Å²) in [4.78, 5) is 26.0. The number of anilines is 1. The fraction of sp³-hybridized carbons (Fsp3) is 0.273. The molecule has 7 nitrogen and oxygen atoms in total. The van der Waals surface area contributed by atoms with Gasteiger partial charge in [-0.2, -0.15) is 10.4 Å². The number of aromatic amines is 1. The molecule has 0 unspecified atom stereocenters. The van der Waals surface area contributed by atoms with E-state index >= 15 is 0 Å². The van der Waals surface area contributed by atoms with E-state index in [1.807, 2.05) is 30.3 Å². The van der Waals surface area contributed by atoms with Gasteiger partial charge < -0.3 is 10.1 Å². The number of nitrogens with zero attached hydrogens (tertiary/aromatic N) is 2. The van der Waals surface area contributed by atoms with Gasteiger partial charge in [0.2, 0.25) is 0 Å². The van der Waals surface area contributed by atoms with Crippen molar-refractivity contribution >= 4 is 28.2 Å². The molecule has 0 atom stereocenters. The Balaban J connectivity index is 1.41. The lowest BCUT2D eigenvalue weighted by Gasteiger charge is -2.06. The maximum Gasteiger partial charge on any atom is 0.342 e. The first kappa shape index (κ1) is 19.9. The number of carbonyl (C=O) groups excluding carboxylic acids is 2. The number of hydrogen-bond donors (Lipinski definition) is 2. The molecular formula is C22H20N4O3S. The van der Waals surface area contributed by atoms with Crippen LogP contribution in [0, 0.1) is 11.3 Å². The van der Waals surface area contributed by atoms with E-state index in [0.717, 1.165) is 43.2 Å². The Morgan fingerprint density at radius 1 is 1.20 bits per heavy atom. The molecule has 0 fully saturated rings. The molecule has 30 heavy (non-hydrogen) atoms. The maximum atomic E-state index is 12.5. The molecule has 1 aliphatic rings. The first-order chi connectivity index (χ1) is 14.7. The Labute approximate surface area is 177 Å². The molecule has 0 saturated carbocycles. The Bertz CT molecular complexity index is 1110. The van der Waals surface area contributed by atoms with Crippen LogP contribution in [0.4, 0.5) is 5.00 Å². The third kappa shape index (κ3) is 4.11. The van der Waals surface area contributed by atoms with Crippen LogP contribution < -0.4 is 5.32 Å². The first-order valence-corrected chi connectivity index (χ1v) is 10.6. The van der Waals surface area contributed by atoms with Gasteiger partial charge in [0.25, 0.3) is 5.91 Å². The summed E-state index contributed by atoms with van der Waals surface area (Å²) < 4.78 is 5.19. The summed E-state index contributed by atoms with van der Waals surface area (Å²) in [6.45, 7) is -0.439. The number of rotatable bonds is 5. The molecule has 0 spiro atoms. The summed E-state index contributed by atoms with van der Waals surface area (Å²) in [5, 5.41) is 19.6. The molecule has 1 amide bonds. The largest absolute Gasteiger partial charge is 0.452 e. The molecule has 0 bridgehead atoms. The summed E-state index contributed by atoms with van der Waals surface area (Å²) in [5.74, 6) is -1.11. The van der Waals surface area contributed by atoms with Crippen molar-refractivity contribution in [3.63, 3.8) is 0 Å². The summed E-state index contributed by atoms with van der Waals surface area (Å²) in [5.41, 5.74) is 3.19. The zero-order valence-corrected chi connectivity index (χ0v) is 17.1. The zero-order chi connectivity index (χ0) is 20.9. The van der Waals surface area contributed by atoms with Gasteiger partial charge in [0, 0.05) is 10.4 Å².